The predicted molar refractivity (Wildman–Crippen MR) is 92.1 cm³/mol. The zero-order valence-corrected chi connectivity index (χ0v) is 14.8. The van der Waals surface area contributed by atoms with Crippen molar-refractivity contribution in [2.24, 2.45) is 0 Å². The minimum atomic E-state index is -3.28. The van der Waals surface area contributed by atoms with Crippen LogP contribution in [-0.4, -0.2) is 50.3 Å². The molecule has 8 heteroatoms. The first-order chi connectivity index (χ1) is 12.0. The van der Waals surface area contributed by atoms with Crippen molar-refractivity contribution in [2.45, 2.75) is 37.0 Å². The molecule has 2 saturated heterocycles. The van der Waals surface area contributed by atoms with E-state index in [4.69, 9.17) is 10.00 Å². The summed E-state index contributed by atoms with van der Waals surface area (Å²) in [4.78, 5) is 0. The number of sulfonamides is 1. The Morgan fingerprint density at radius 1 is 1.20 bits per heavy atom. The van der Waals surface area contributed by atoms with E-state index in [-0.39, 0.29) is 16.9 Å². The number of nitrogens with one attached hydrogen (secondary N) is 1. The number of halogens is 1. The average molecular weight is 367 g/mol. The third-order valence-corrected chi connectivity index (χ3v) is 7.26. The topological polar surface area (TPSA) is 82.4 Å². The molecule has 2 aliphatic rings. The first-order valence-corrected chi connectivity index (χ1v) is 10.0. The second kappa shape index (κ2) is 7.68. The summed E-state index contributed by atoms with van der Waals surface area (Å²) in [5.74, 6) is -0.462. The van der Waals surface area contributed by atoms with E-state index in [2.05, 4.69) is 5.32 Å². The molecular formula is C17H22FN3O3S. The second-order valence-electron chi connectivity index (χ2n) is 6.48. The monoisotopic (exact) mass is 367 g/mol. The summed E-state index contributed by atoms with van der Waals surface area (Å²) in [6.45, 7) is 1.88. The molecule has 0 radical (unpaired) electrons. The highest BCUT2D eigenvalue weighted by Gasteiger charge is 2.35. The van der Waals surface area contributed by atoms with Gasteiger partial charge in [0, 0.05) is 32.3 Å². The maximum atomic E-state index is 14.0. The molecule has 1 aromatic carbocycles. The molecule has 2 heterocycles. The summed E-state index contributed by atoms with van der Waals surface area (Å²) in [5.41, 5.74) is 0.630. The van der Waals surface area contributed by atoms with Gasteiger partial charge in [-0.3, -0.25) is 0 Å². The fourth-order valence-corrected chi connectivity index (χ4v) is 5.29. The molecule has 136 valence electrons. The van der Waals surface area contributed by atoms with Gasteiger partial charge in [-0.15, -0.1) is 0 Å². The van der Waals surface area contributed by atoms with Gasteiger partial charge in [0.2, 0.25) is 10.0 Å². The summed E-state index contributed by atoms with van der Waals surface area (Å²) in [6, 6.07) is 6.24. The molecule has 6 nitrogen and oxygen atoms in total. The third kappa shape index (κ3) is 4.11. The van der Waals surface area contributed by atoms with Crippen LogP contribution in [0.25, 0.3) is 0 Å². The summed E-state index contributed by atoms with van der Waals surface area (Å²) in [5, 5.41) is 11.6. The van der Waals surface area contributed by atoms with Crippen molar-refractivity contribution in [3.63, 3.8) is 0 Å². The van der Waals surface area contributed by atoms with Gasteiger partial charge in [0.15, 0.2) is 0 Å². The summed E-state index contributed by atoms with van der Waals surface area (Å²) in [6.07, 6.45) is 2.36. The van der Waals surface area contributed by atoms with Crippen molar-refractivity contribution < 1.29 is 17.5 Å². The molecule has 0 atom stereocenters. The zero-order valence-electron chi connectivity index (χ0n) is 13.9. The van der Waals surface area contributed by atoms with E-state index >= 15 is 0 Å². The van der Waals surface area contributed by atoms with Crippen LogP contribution in [0.3, 0.4) is 0 Å². The first kappa shape index (κ1) is 18.1. The standard InChI is InChI=1S/C17H22FN3O3S/c18-16-11-13(12-19)1-2-17(16)20-14-3-7-21(8-4-14)25(22,23)15-5-9-24-10-6-15/h1-2,11,14-15,20H,3-10H2. The SMILES string of the molecule is N#Cc1ccc(NC2CCN(S(=O)(=O)C3CCOCC3)CC2)c(F)c1. The normalized spacial score (nSPS) is 21.0. The van der Waals surface area contributed by atoms with Gasteiger partial charge < -0.3 is 10.1 Å². The first-order valence-electron chi connectivity index (χ1n) is 8.53. The van der Waals surface area contributed by atoms with Crippen LogP contribution < -0.4 is 5.32 Å². The Morgan fingerprint density at radius 3 is 2.48 bits per heavy atom. The number of ether oxygens (including phenoxy) is 1. The molecule has 2 fully saturated rings. The lowest BCUT2D eigenvalue weighted by Crippen LogP contribution is -2.47. The van der Waals surface area contributed by atoms with E-state index in [9.17, 15) is 12.8 Å². The van der Waals surface area contributed by atoms with Gasteiger partial charge in [-0.05, 0) is 43.9 Å². The Bertz CT molecular complexity index is 749. The predicted octanol–water partition coefficient (Wildman–Crippen LogP) is 2.08. The van der Waals surface area contributed by atoms with Gasteiger partial charge in [0.25, 0.3) is 0 Å². The molecule has 0 unspecified atom stereocenters. The molecule has 1 N–H and O–H groups in total. The molecule has 1 aromatic rings. The lowest BCUT2D eigenvalue weighted by Gasteiger charge is -2.35. The maximum Gasteiger partial charge on any atom is 0.217 e. The molecule has 0 saturated carbocycles. The van der Waals surface area contributed by atoms with E-state index in [1.807, 2.05) is 6.07 Å². The van der Waals surface area contributed by atoms with E-state index < -0.39 is 15.8 Å². The van der Waals surface area contributed by atoms with E-state index in [0.29, 0.717) is 57.7 Å². The summed E-state index contributed by atoms with van der Waals surface area (Å²) in [7, 11) is -3.28. The number of piperidine rings is 1. The second-order valence-corrected chi connectivity index (χ2v) is 8.69. The minimum absolute atomic E-state index is 0.0172. The Balaban J connectivity index is 1.57. The fourth-order valence-electron chi connectivity index (χ4n) is 3.36. The molecule has 0 amide bonds. The number of rotatable bonds is 4. The van der Waals surface area contributed by atoms with Crippen LogP contribution in [0.15, 0.2) is 18.2 Å². The van der Waals surface area contributed by atoms with Crippen molar-refractivity contribution >= 4 is 15.7 Å². The summed E-state index contributed by atoms with van der Waals surface area (Å²) < 4.78 is 46.2. The maximum absolute atomic E-state index is 14.0. The highest BCUT2D eigenvalue weighted by Crippen LogP contribution is 2.25. The molecular weight excluding hydrogens is 345 g/mol. The molecule has 0 aliphatic carbocycles. The third-order valence-electron chi connectivity index (χ3n) is 4.86. The molecule has 0 bridgehead atoms. The van der Waals surface area contributed by atoms with E-state index in [1.165, 1.54) is 6.07 Å². The number of benzene rings is 1. The summed E-state index contributed by atoms with van der Waals surface area (Å²) >= 11 is 0. The van der Waals surface area contributed by atoms with Gasteiger partial charge in [-0.1, -0.05) is 0 Å². The Morgan fingerprint density at radius 2 is 1.88 bits per heavy atom. The fraction of sp³-hybridized carbons (Fsp3) is 0.588. The number of anilines is 1. The molecule has 3 rings (SSSR count). The Kier molecular flexibility index (Phi) is 5.57. The van der Waals surface area contributed by atoms with Crippen LogP contribution in [0.4, 0.5) is 10.1 Å². The van der Waals surface area contributed by atoms with Gasteiger partial charge in [0.1, 0.15) is 5.82 Å². The minimum Gasteiger partial charge on any atom is -0.381 e. The molecule has 0 spiro atoms. The zero-order chi connectivity index (χ0) is 17.9. The van der Waals surface area contributed by atoms with Crippen LogP contribution in [0.1, 0.15) is 31.2 Å². The van der Waals surface area contributed by atoms with Crippen LogP contribution >= 0.6 is 0 Å². The number of nitriles is 1. The van der Waals surface area contributed by atoms with Crippen LogP contribution in [0.2, 0.25) is 0 Å². The molecule has 25 heavy (non-hydrogen) atoms. The van der Waals surface area contributed by atoms with Crippen LogP contribution in [0.5, 0.6) is 0 Å². The number of nitrogens with zero attached hydrogens (tertiary/aromatic N) is 2. The quantitative estimate of drug-likeness (QED) is 0.881. The highest BCUT2D eigenvalue weighted by atomic mass is 32.2. The van der Waals surface area contributed by atoms with Crippen molar-refractivity contribution in [1.82, 2.24) is 4.31 Å². The Labute approximate surface area is 147 Å². The van der Waals surface area contributed by atoms with Gasteiger partial charge in [-0.2, -0.15) is 5.26 Å². The van der Waals surface area contributed by atoms with Crippen molar-refractivity contribution in [2.75, 3.05) is 31.6 Å². The highest BCUT2D eigenvalue weighted by molar-refractivity contribution is 7.89. The average Bonchev–Trinajstić information content (AvgIpc) is 2.64. The van der Waals surface area contributed by atoms with Gasteiger partial charge in [-0.25, -0.2) is 17.1 Å². The largest absolute Gasteiger partial charge is 0.381 e. The van der Waals surface area contributed by atoms with Crippen molar-refractivity contribution in [1.29, 1.82) is 5.26 Å². The van der Waals surface area contributed by atoms with Crippen LogP contribution in [0, 0.1) is 17.1 Å². The van der Waals surface area contributed by atoms with Crippen molar-refractivity contribution in [3.8, 4) is 6.07 Å². The smallest absolute Gasteiger partial charge is 0.217 e. The Hall–Kier alpha value is -1.69. The number of hydrogen-bond donors (Lipinski definition) is 1. The van der Waals surface area contributed by atoms with Crippen LogP contribution in [-0.2, 0) is 14.8 Å². The van der Waals surface area contributed by atoms with Gasteiger partial charge >= 0.3 is 0 Å². The molecule has 2 aliphatic heterocycles. The lowest BCUT2D eigenvalue weighted by molar-refractivity contribution is 0.0969. The van der Waals surface area contributed by atoms with E-state index in [0.717, 1.165) is 0 Å². The van der Waals surface area contributed by atoms with E-state index in [1.54, 1.807) is 16.4 Å². The lowest BCUT2D eigenvalue weighted by atomic mass is 10.1. The number of hydrogen-bond acceptors (Lipinski definition) is 5. The van der Waals surface area contributed by atoms with Gasteiger partial charge in [0.05, 0.1) is 22.6 Å². The van der Waals surface area contributed by atoms with Crippen molar-refractivity contribution in [3.05, 3.63) is 29.6 Å². The molecule has 0 aromatic heterocycles.